The maximum Gasteiger partial charge on any atom is 0.241 e. The van der Waals surface area contributed by atoms with E-state index in [0.717, 1.165) is 5.56 Å². The van der Waals surface area contributed by atoms with Gasteiger partial charge in [-0.25, -0.2) is 12.8 Å². The van der Waals surface area contributed by atoms with Crippen LogP contribution in [0.25, 0.3) is 0 Å². The molecular weight excluding hydrogens is 407 g/mol. The highest BCUT2D eigenvalue weighted by Crippen LogP contribution is 2.15. The van der Waals surface area contributed by atoms with Crippen LogP contribution in [0.1, 0.15) is 32.3 Å². The van der Waals surface area contributed by atoms with Gasteiger partial charge in [-0.2, -0.15) is 4.72 Å². The van der Waals surface area contributed by atoms with Crippen molar-refractivity contribution in [1.82, 2.24) is 10.0 Å². The quantitative estimate of drug-likeness (QED) is 0.529. The lowest BCUT2D eigenvalue weighted by Gasteiger charge is -2.20. The average molecular weight is 437 g/mol. The predicted octanol–water partition coefficient (Wildman–Crippen LogP) is 3.41. The first-order valence-electron chi connectivity index (χ1n) is 9.93. The van der Waals surface area contributed by atoms with Gasteiger partial charge in [-0.15, -0.1) is 0 Å². The van der Waals surface area contributed by atoms with Gasteiger partial charge < -0.3 is 10.1 Å². The van der Waals surface area contributed by atoms with E-state index >= 15 is 0 Å². The molecule has 0 aromatic heterocycles. The van der Waals surface area contributed by atoms with Crippen LogP contribution in [-0.2, 0) is 14.8 Å². The molecule has 1 unspecified atom stereocenters. The lowest BCUT2D eigenvalue weighted by atomic mass is 10.0. The fraction of sp³-hybridized carbons (Fsp3) is 0.409. The maximum atomic E-state index is 13.5. The molecule has 164 valence electrons. The van der Waals surface area contributed by atoms with Crippen molar-refractivity contribution in [2.75, 3.05) is 13.2 Å². The third-order valence-corrected chi connectivity index (χ3v) is 5.85. The predicted molar refractivity (Wildman–Crippen MR) is 114 cm³/mol. The molecule has 0 fully saturated rings. The molecule has 2 aromatic carbocycles. The van der Waals surface area contributed by atoms with Crippen molar-refractivity contribution in [1.29, 1.82) is 0 Å². The third-order valence-electron chi connectivity index (χ3n) is 4.37. The maximum absolute atomic E-state index is 13.5. The summed E-state index contributed by atoms with van der Waals surface area (Å²) in [5.41, 5.74) is 0.947. The smallest absolute Gasteiger partial charge is 0.241 e. The van der Waals surface area contributed by atoms with Crippen LogP contribution in [-0.4, -0.2) is 33.5 Å². The largest absolute Gasteiger partial charge is 0.490 e. The van der Waals surface area contributed by atoms with Crippen molar-refractivity contribution in [3.63, 3.8) is 0 Å². The molecule has 2 aromatic rings. The Labute approximate surface area is 177 Å². The SMILES string of the molecule is Cc1ccc(S(=O)(=O)NC(CC(C)C)C(=O)NCCCOc2ccccc2F)cc1. The summed E-state index contributed by atoms with van der Waals surface area (Å²) in [5.74, 6) is -0.562. The Morgan fingerprint density at radius 1 is 1.10 bits per heavy atom. The van der Waals surface area contributed by atoms with Crippen molar-refractivity contribution in [2.24, 2.45) is 5.92 Å². The van der Waals surface area contributed by atoms with Gasteiger partial charge in [-0.05, 0) is 49.9 Å². The number of hydrogen-bond acceptors (Lipinski definition) is 4. The first-order chi connectivity index (χ1) is 14.2. The molecule has 6 nitrogen and oxygen atoms in total. The molecule has 2 rings (SSSR count). The van der Waals surface area contributed by atoms with E-state index in [0.29, 0.717) is 12.8 Å². The number of amides is 1. The molecule has 0 bridgehead atoms. The summed E-state index contributed by atoms with van der Waals surface area (Å²) in [6.07, 6.45) is 0.821. The number of benzene rings is 2. The fourth-order valence-electron chi connectivity index (χ4n) is 2.80. The molecule has 0 spiro atoms. The molecule has 0 aliphatic heterocycles. The number of nitrogens with one attached hydrogen (secondary N) is 2. The molecule has 0 saturated heterocycles. The van der Waals surface area contributed by atoms with E-state index in [9.17, 15) is 17.6 Å². The number of aryl methyl sites for hydroxylation is 1. The average Bonchev–Trinajstić information content (AvgIpc) is 2.68. The lowest BCUT2D eigenvalue weighted by Crippen LogP contribution is -2.47. The van der Waals surface area contributed by atoms with E-state index in [4.69, 9.17) is 4.74 Å². The molecule has 0 saturated carbocycles. The van der Waals surface area contributed by atoms with Gasteiger partial charge in [0.1, 0.15) is 6.04 Å². The molecule has 8 heteroatoms. The van der Waals surface area contributed by atoms with Crippen LogP contribution in [0.2, 0.25) is 0 Å². The van der Waals surface area contributed by atoms with Gasteiger partial charge >= 0.3 is 0 Å². The van der Waals surface area contributed by atoms with Crippen LogP contribution >= 0.6 is 0 Å². The van der Waals surface area contributed by atoms with Gasteiger partial charge in [-0.3, -0.25) is 4.79 Å². The van der Waals surface area contributed by atoms with Crippen molar-refractivity contribution in [3.8, 4) is 5.75 Å². The van der Waals surface area contributed by atoms with Crippen LogP contribution in [0.3, 0.4) is 0 Å². The van der Waals surface area contributed by atoms with E-state index in [-0.39, 0.29) is 29.7 Å². The standard InChI is InChI=1S/C22H29FN2O4S/c1-16(2)15-20(25-30(27,28)18-11-9-17(3)10-12-18)22(26)24-13-6-14-29-21-8-5-4-7-19(21)23/h4-5,7-12,16,20,25H,6,13-15H2,1-3H3,(H,24,26). The normalized spacial score (nSPS) is 12.6. The highest BCUT2D eigenvalue weighted by molar-refractivity contribution is 7.89. The van der Waals surface area contributed by atoms with Crippen LogP contribution in [0.4, 0.5) is 4.39 Å². The second-order valence-electron chi connectivity index (χ2n) is 7.54. The van der Waals surface area contributed by atoms with Gasteiger partial charge in [0.15, 0.2) is 11.6 Å². The summed E-state index contributed by atoms with van der Waals surface area (Å²) in [6.45, 7) is 6.22. The molecule has 0 heterocycles. The summed E-state index contributed by atoms with van der Waals surface area (Å²) in [4.78, 5) is 12.7. The molecule has 1 atom stereocenters. The molecule has 1 amide bonds. The molecule has 0 aliphatic carbocycles. The second kappa shape index (κ2) is 11.1. The minimum Gasteiger partial charge on any atom is -0.490 e. The van der Waals surface area contributed by atoms with Crippen LogP contribution in [0.15, 0.2) is 53.4 Å². The minimum atomic E-state index is -3.82. The molecule has 0 radical (unpaired) electrons. The fourth-order valence-corrected chi connectivity index (χ4v) is 4.01. The Balaban J connectivity index is 1.90. The zero-order valence-corrected chi connectivity index (χ0v) is 18.3. The van der Waals surface area contributed by atoms with Gasteiger partial charge in [0.25, 0.3) is 0 Å². The summed E-state index contributed by atoms with van der Waals surface area (Å²) in [5, 5.41) is 2.73. The van der Waals surface area contributed by atoms with E-state index in [1.165, 1.54) is 24.3 Å². The van der Waals surface area contributed by atoms with E-state index in [1.54, 1.807) is 24.3 Å². The second-order valence-corrected chi connectivity index (χ2v) is 9.25. The van der Waals surface area contributed by atoms with Crippen LogP contribution in [0.5, 0.6) is 5.75 Å². The summed E-state index contributed by atoms with van der Waals surface area (Å²) in [7, 11) is -3.82. The van der Waals surface area contributed by atoms with Crippen LogP contribution in [0, 0.1) is 18.7 Å². The molecular formula is C22H29FN2O4S. The summed E-state index contributed by atoms with van der Waals surface area (Å²) < 4.78 is 46.7. The number of carbonyl (C=O) groups is 1. The molecule has 0 aliphatic rings. The highest BCUT2D eigenvalue weighted by Gasteiger charge is 2.26. The number of carbonyl (C=O) groups excluding carboxylic acids is 1. The zero-order chi connectivity index (χ0) is 22.1. The first-order valence-corrected chi connectivity index (χ1v) is 11.4. The Bertz CT molecular complexity index is 930. The first kappa shape index (κ1) is 23.8. The number of ether oxygens (including phenoxy) is 1. The topological polar surface area (TPSA) is 84.5 Å². The number of sulfonamides is 1. The van der Waals surface area contributed by atoms with Gasteiger partial charge in [-0.1, -0.05) is 43.7 Å². The van der Waals surface area contributed by atoms with Gasteiger partial charge in [0, 0.05) is 6.54 Å². The van der Waals surface area contributed by atoms with E-state index in [2.05, 4.69) is 10.0 Å². The van der Waals surface area contributed by atoms with Gasteiger partial charge in [0.2, 0.25) is 15.9 Å². The zero-order valence-electron chi connectivity index (χ0n) is 17.5. The van der Waals surface area contributed by atoms with Crippen LogP contribution < -0.4 is 14.8 Å². The van der Waals surface area contributed by atoms with Gasteiger partial charge in [0.05, 0.1) is 11.5 Å². The van der Waals surface area contributed by atoms with Crippen molar-refractivity contribution in [2.45, 2.75) is 44.6 Å². The lowest BCUT2D eigenvalue weighted by molar-refractivity contribution is -0.123. The van der Waals surface area contributed by atoms with E-state index < -0.39 is 27.8 Å². The van der Waals surface area contributed by atoms with Crippen molar-refractivity contribution in [3.05, 3.63) is 59.9 Å². The monoisotopic (exact) mass is 436 g/mol. The van der Waals surface area contributed by atoms with E-state index in [1.807, 2.05) is 20.8 Å². The Morgan fingerprint density at radius 2 is 1.77 bits per heavy atom. The molecule has 30 heavy (non-hydrogen) atoms. The number of para-hydroxylation sites is 1. The summed E-state index contributed by atoms with van der Waals surface area (Å²) >= 11 is 0. The Kier molecular flexibility index (Phi) is 8.80. The van der Waals surface area contributed by atoms with Crippen molar-refractivity contribution >= 4 is 15.9 Å². The number of hydrogen-bond donors (Lipinski definition) is 2. The number of halogens is 1. The Morgan fingerprint density at radius 3 is 2.40 bits per heavy atom. The van der Waals surface area contributed by atoms with Crippen molar-refractivity contribution < 1.29 is 22.3 Å². The summed E-state index contributed by atoms with van der Waals surface area (Å²) in [6, 6.07) is 11.7. The minimum absolute atomic E-state index is 0.117. The number of rotatable bonds is 11. The molecule has 2 N–H and O–H groups in total. The highest BCUT2D eigenvalue weighted by atomic mass is 32.2. The Hall–Kier alpha value is -2.45. The third kappa shape index (κ3) is 7.42.